The van der Waals surface area contributed by atoms with Gasteiger partial charge >= 0.3 is 12.1 Å². The van der Waals surface area contributed by atoms with E-state index < -0.39 is 29.5 Å². The number of nitrogens with zero attached hydrogens (tertiary/aromatic N) is 2. The molecule has 2 saturated heterocycles. The molecule has 1 atom stereocenters. The Morgan fingerprint density at radius 2 is 1.85 bits per heavy atom. The first kappa shape index (κ1) is 19.2. The number of carboxylic acids is 1. The van der Waals surface area contributed by atoms with Gasteiger partial charge in [0.1, 0.15) is 0 Å². The lowest BCUT2D eigenvalue weighted by Crippen LogP contribution is -2.42. The highest BCUT2D eigenvalue weighted by Crippen LogP contribution is 2.34. The number of carboxylic acid groups (broad SMARTS) is 1. The summed E-state index contributed by atoms with van der Waals surface area (Å²) in [4.78, 5) is 38.4. The standard InChI is InChI=1S/C18H19F3N2O4/c19-18(20,21)13-7-12(8-14(9-13)23-6-2-4-15(23)24)16(25)22-5-1-3-11(10-22)17(26)27/h7-9,11H,1-6,10H2,(H,26,27)/t11-/m0/s1. The van der Waals surface area contributed by atoms with Crippen LogP contribution in [-0.4, -0.2) is 47.4 Å². The van der Waals surface area contributed by atoms with E-state index in [1.54, 1.807) is 0 Å². The quantitative estimate of drug-likeness (QED) is 0.869. The van der Waals surface area contributed by atoms with E-state index >= 15 is 0 Å². The molecule has 6 nitrogen and oxygen atoms in total. The maximum absolute atomic E-state index is 13.3. The fourth-order valence-corrected chi connectivity index (χ4v) is 3.52. The van der Waals surface area contributed by atoms with Crippen LogP contribution in [0.1, 0.15) is 41.6 Å². The summed E-state index contributed by atoms with van der Waals surface area (Å²) >= 11 is 0. The summed E-state index contributed by atoms with van der Waals surface area (Å²) in [7, 11) is 0. The molecule has 3 rings (SSSR count). The van der Waals surface area contributed by atoms with Crippen molar-refractivity contribution >= 4 is 23.5 Å². The molecule has 0 unspecified atom stereocenters. The first-order valence-electron chi connectivity index (χ1n) is 8.71. The molecule has 0 bridgehead atoms. The summed E-state index contributed by atoms with van der Waals surface area (Å²) in [5.74, 6) is -2.69. The first-order chi connectivity index (χ1) is 12.7. The Morgan fingerprint density at radius 3 is 2.44 bits per heavy atom. The molecule has 9 heteroatoms. The first-order valence-corrected chi connectivity index (χ1v) is 8.71. The molecule has 0 aromatic heterocycles. The lowest BCUT2D eigenvalue weighted by Gasteiger charge is -2.31. The van der Waals surface area contributed by atoms with E-state index in [2.05, 4.69) is 0 Å². The van der Waals surface area contributed by atoms with Crippen LogP contribution in [0.25, 0.3) is 0 Å². The van der Waals surface area contributed by atoms with Gasteiger partial charge in [-0.1, -0.05) is 0 Å². The van der Waals surface area contributed by atoms with E-state index in [9.17, 15) is 27.6 Å². The summed E-state index contributed by atoms with van der Waals surface area (Å²) in [6.45, 7) is 0.553. The maximum Gasteiger partial charge on any atom is 0.416 e. The van der Waals surface area contributed by atoms with Crippen molar-refractivity contribution in [2.75, 3.05) is 24.5 Å². The number of anilines is 1. The van der Waals surface area contributed by atoms with E-state index in [1.165, 1.54) is 15.9 Å². The Balaban J connectivity index is 1.94. The predicted octanol–water partition coefficient (Wildman–Crippen LogP) is 2.77. The fraction of sp³-hybridized carbons (Fsp3) is 0.500. The van der Waals surface area contributed by atoms with Gasteiger partial charge in [-0.2, -0.15) is 13.2 Å². The molecule has 2 heterocycles. The third-order valence-electron chi connectivity index (χ3n) is 4.93. The Labute approximate surface area is 153 Å². The number of rotatable bonds is 3. The smallest absolute Gasteiger partial charge is 0.416 e. The number of halogens is 3. The number of likely N-dealkylation sites (tertiary alicyclic amines) is 1. The summed E-state index contributed by atoms with van der Waals surface area (Å²) in [6, 6.07) is 2.91. The molecule has 146 valence electrons. The van der Waals surface area contributed by atoms with Crippen LogP contribution in [0.4, 0.5) is 18.9 Å². The van der Waals surface area contributed by atoms with Crippen LogP contribution >= 0.6 is 0 Å². The van der Waals surface area contributed by atoms with Crippen molar-refractivity contribution in [3.8, 4) is 0 Å². The number of hydrogen-bond acceptors (Lipinski definition) is 3. The van der Waals surface area contributed by atoms with Gasteiger partial charge in [-0.25, -0.2) is 0 Å². The van der Waals surface area contributed by atoms with Gasteiger partial charge in [-0.3, -0.25) is 14.4 Å². The molecule has 0 saturated carbocycles. The lowest BCUT2D eigenvalue weighted by molar-refractivity contribution is -0.143. The average molecular weight is 384 g/mol. The largest absolute Gasteiger partial charge is 0.481 e. The molecule has 0 aliphatic carbocycles. The van der Waals surface area contributed by atoms with Gasteiger partial charge in [0, 0.05) is 37.3 Å². The van der Waals surface area contributed by atoms with Crippen LogP contribution in [0.15, 0.2) is 18.2 Å². The van der Waals surface area contributed by atoms with Crippen LogP contribution in [0.3, 0.4) is 0 Å². The van der Waals surface area contributed by atoms with Crippen molar-refractivity contribution in [1.82, 2.24) is 4.90 Å². The molecular formula is C18H19F3N2O4. The van der Waals surface area contributed by atoms with Crippen molar-refractivity contribution in [2.45, 2.75) is 31.9 Å². The molecule has 0 radical (unpaired) electrons. The molecule has 0 spiro atoms. The third kappa shape index (κ3) is 4.06. The van der Waals surface area contributed by atoms with Gasteiger partial charge in [-0.15, -0.1) is 0 Å². The highest BCUT2D eigenvalue weighted by Gasteiger charge is 2.35. The summed E-state index contributed by atoms with van der Waals surface area (Å²) < 4.78 is 39.9. The van der Waals surface area contributed by atoms with Crippen molar-refractivity contribution in [2.24, 2.45) is 5.92 Å². The van der Waals surface area contributed by atoms with Crippen molar-refractivity contribution in [3.05, 3.63) is 29.3 Å². The molecular weight excluding hydrogens is 365 g/mol. The van der Waals surface area contributed by atoms with Gasteiger partial charge in [0.05, 0.1) is 11.5 Å². The number of aliphatic carboxylic acids is 1. The van der Waals surface area contributed by atoms with E-state index in [-0.39, 0.29) is 36.7 Å². The van der Waals surface area contributed by atoms with E-state index in [1.807, 2.05) is 0 Å². The minimum atomic E-state index is -4.67. The van der Waals surface area contributed by atoms with Gasteiger partial charge in [0.2, 0.25) is 5.91 Å². The Bertz CT molecular complexity index is 778. The zero-order chi connectivity index (χ0) is 19.8. The number of piperidine rings is 1. The number of carbonyl (C=O) groups is 3. The molecule has 27 heavy (non-hydrogen) atoms. The lowest BCUT2D eigenvalue weighted by atomic mass is 9.97. The highest BCUT2D eigenvalue weighted by atomic mass is 19.4. The molecule has 2 aliphatic heterocycles. The molecule has 1 N–H and O–H groups in total. The van der Waals surface area contributed by atoms with E-state index in [4.69, 9.17) is 5.11 Å². The second-order valence-corrected chi connectivity index (χ2v) is 6.84. The zero-order valence-corrected chi connectivity index (χ0v) is 14.5. The molecule has 1 aromatic rings. The van der Waals surface area contributed by atoms with Crippen LogP contribution in [0.5, 0.6) is 0 Å². The predicted molar refractivity (Wildman–Crippen MR) is 89.3 cm³/mol. The van der Waals surface area contributed by atoms with Crippen molar-refractivity contribution < 1.29 is 32.7 Å². The fourth-order valence-electron chi connectivity index (χ4n) is 3.52. The minimum Gasteiger partial charge on any atom is -0.481 e. The van der Waals surface area contributed by atoms with Gasteiger partial charge in [0.25, 0.3) is 5.91 Å². The second-order valence-electron chi connectivity index (χ2n) is 6.84. The SMILES string of the molecule is O=C(O)[C@H]1CCCN(C(=O)c2cc(N3CCCC3=O)cc(C(F)(F)F)c2)C1. The number of carbonyl (C=O) groups excluding carboxylic acids is 2. The van der Waals surface area contributed by atoms with Crippen LogP contribution in [0, 0.1) is 5.92 Å². The topological polar surface area (TPSA) is 77.9 Å². The normalized spacial score (nSPS) is 20.9. The second kappa shape index (κ2) is 7.21. The third-order valence-corrected chi connectivity index (χ3v) is 4.93. The van der Waals surface area contributed by atoms with Gasteiger partial charge in [-0.05, 0) is 37.5 Å². The summed E-state index contributed by atoms with van der Waals surface area (Å²) in [5.41, 5.74) is -1.15. The molecule has 2 amide bonds. The van der Waals surface area contributed by atoms with E-state index in [0.29, 0.717) is 25.8 Å². The monoisotopic (exact) mass is 384 g/mol. The minimum absolute atomic E-state index is 0.0393. The maximum atomic E-state index is 13.3. The van der Waals surface area contributed by atoms with Crippen LogP contribution < -0.4 is 4.90 Å². The molecule has 2 aliphatic rings. The van der Waals surface area contributed by atoms with Crippen LogP contribution in [0.2, 0.25) is 0 Å². The average Bonchev–Trinajstić information content (AvgIpc) is 3.06. The number of hydrogen-bond donors (Lipinski definition) is 1. The number of benzene rings is 1. The summed E-state index contributed by atoms with van der Waals surface area (Å²) in [5, 5.41) is 9.15. The Hall–Kier alpha value is -2.58. The molecule has 1 aromatic carbocycles. The molecule has 2 fully saturated rings. The van der Waals surface area contributed by atoms with Gasteiger partial charge in [0.15, 0.2) is 0 Å². The zero-order valence-electron chi connectivity index (χ0n) is 14.5. The summed E-state index contributed by atoms with van der Waals surface area (Å²) in [6.07, 6.45) is -2.97. The van der Waals surface area contributed by atoms with Crippen molar-refractivity contribution in [1.29, 1.82) is 0 Å². The number of alkyl halides is 3. The Kier molecular flexibility index (Phi) is 5.12. The van der Waals surface area contributed by atoms with E-state index in [0.717, 1.165) is 12.1 Å². The van der Waals surface area contributed by atoms with Crippen LogP contribution in [-0.2, 0) is 15.8 Å². The van der Waals surface area contributed by atoms with Crippen molar-refractivity contribution in [3.63, 3.8) is 0 Å². The highest BCUT2D eigenvalue weighted by molar-refractivity contribution is 5.99. The van der Waals surface area contributed by atoms with Gasteiger partial charge < -0.3 is 14.9 Å². The Morgan fingerprint density at radius 1 is 1.11 bits per heavy atom. The number of amides is 2.